The summed E-state index contributed by atoms with van der Waals surface area (Å²) in [5.74, 6) is -0.963. The Labute approximate surface area is 146 Å². The Balaban J connectivity index is 2.12. The van der Waals surface area contributed by atoms with Gasteiger partial charge in [0.05, 0.1) is 5.92 Å². The van der Waals surface area contributed by atoms with Gasteiger partial charge in [-0.1, -0.05) is 67.6 Å². The minimum atomic E-state index is -0.482. The van der Waals surface area contributed by atoms with Gasteiger partial charge in [-0.3, -0.25) is 20.4 Å². The van der Waals surface area contributed by atoms with Crippen LogP contribution in [0, 0.1) is 0 Å². The van der Waals surface area contributed by atoms with E-state index >= 15 is 0 Å². The van der Waals surface area contributed by atoms with Gasteiger partial charge in [0.2, 0.25) is 11.8 Å². The van der Waals surface area contributed by atoms with Crippen LogP contribution in [-0.4, -0.2) is 16.9 Å². The van der Waals surface area contributed by atoms with E-state index in [1.807, 2.05) is 60.7 Å². The van der Waals surface area contributed by atoms with Gasteiger partial charge in [0.15, 0.2) is 5.11 Å². The second kappa shape index (κ2) is 8.79. The highest BCUT2D eigenvalue weighted by Gasteiger charge is 2.22. The lowest BCUT2D eigenvalue weighted by molar-refractivity contribution is -0.122. The SMILES string of the molecule is CCC(=O)NC(=S)NNC(=O)C(c1ccccc1)c1ccccc1. The molecule has 0 heterocycles. The van der Waals surface area contributed by atoms with E-state index in [9.17, 15) is 9.59 Å². The number of amides is 2. The largest absolute Gasteiger partial charge is 0.302 e. The Morgan fingerprint density at radius 1 is 0.917 bits per heavy atom. The van der Waals surface area contributed by atoms with Gasteiger partial charge in [0.1, 0.15) is 0 Å². The van der Waals surface area contributed by atoms with E-state index < -0.39 is 5.92 Å². The number of carbonyl (C=O) groups is 2. The summed E-state index contributed by atoms with van der Waals surface area (Å²) in [7, 11) is 0. The van der Waals surface area contributed by atoms with Crippen LogP contribution in [0.4, 0.5) is 0 Å². The predicted molar refractivity (Wildman–Crippen MR) is 97.0 cm³/mol. The highest BCUT2D eigenvalue weighted by molar-refractivity contribution is 7.80. The minimum Gasteiger partial charge on any atom is -0.302 e. The van der Waals surface area contributed by atoms with Crippen molar-refractivity contribution >= 4 is 29.1 Å². The van der Waals surface area contributed by atoms with Crippen LogP contribution >= 0.6 is 12.2 Å². The number of nitrogens with one attached hydrogen (secondary N) is 3. The molecule has 2 amide bonds. The lowest BCUT2D eigenvalue weighted by atomic mass is 9.91. The third-order valence-corrected chi connectivity index (χ3v) is 3.61. The van der Waals surface area contributed by atoms with Crippen LogP contribution in [0.5, 0.6) is 0 Å². The summed E-state index contributed by atoms with van der Waals surface area (Å²) >= 11 is 4.98. The monoisotopic (exact) mass is 341 g/mol. The number of benzene rings is 2. The molecule has 0 saturated carbocycles. The fourth-order valence-electron chi connectivity index (χ4n) is 2.22. The van der Waals surface area contributed by atoms with Crippen molar-refractivity contribution in [3.63, 3.8) is 0 Å². The number of hydrazine groups is 1. The molecule has 0 spiro atoms. The number of thiocarbonyl (C=S) groups is 1. The molecule has 5 nitrogen and oxygen atoms in total. The number of rotatable bonds is 4. The first-order valence-electron chi connectivity index (χ1n) is 7.61. The Kier molecular flexibility index (Phi) is 6.45. The molecule has 2 aromatic carbocycles. The molecule has 0 atom stereocenters. The van der Waals surface area contributed by atoms with Crippen molar-refractivity contribution in [3.8, 4) is 0 Å². The zero-order valence-electron chi connectivity index (χ0n) is 13.3. The second-order valence-corrected chi connectivity index (χ2v) is 5.51. The van der Waals surface area contributed by atoms with Gasteiger partial charge in [-0.25, -0.2) is 0 Å². The molecule has 0 fully saturated rings. The minimum absolute atomic E-state index is 0.0649. The lowest BCUT2D eigenvalue weighted by Gasteiger charge is -2.19. The molecule has 0 aromatic heterocycles. The predicted octanol–water partition coefficient (Wildman–Crippen LogP) is 2.25. The summed E-state index contributed by atoms with van der Waals surface area (Å²) in [6.45, 7) is 1.72. The maximum atomic E-state index is 12.7. The molecule has 0 unspecified atom stereocenters. The van der Waals surface area contributed by atoms with Crippen molar-refractivity contribution in [1.82, 2.24) is 16.2 Å². The maximum Gasteiger partial charge on any atom is 0.250 e. The van der Waals surface area contributed by atoms with Gasteiger partial charge in [-0.2, -0.15) is 0 Å². The molecule has 124 valence electrons. The van der Waals surface area contributed by atoms with Gasteiger partial charge in [-0.05, 0) is 23.3 Å². The van der Waals surface area contributed by atoms with E-state index in [2.05, 4.69) is 16.2 Å². The van der Waals surface area contributed by atoms with Crippen LogP contribution in [0.3, 0.4) is 0 Å². The fourth-order valence-corrected chi connectivity index (χ4v) is 2.39. The molecule has 0 aliphatic rings. The number of hydrogen-bond donors (Lipinski definition) is 3. The van der Waals surface area contributed by atoms with Crippen LogP contribution in [0.2, 0.25) is 0 Å². The summed E-state index contributed by atoms with van der Waals surface area (Å²) < 4.78 is 0. The van der Waals surface area contributed by atoms with Gasteiger partial charge >= 0.3 is 0 Å². The standard InChI is InChI=1S/C18H19N3O2S/c1-2-15(22)19-18(24)21-20-17(23)16(13-9-5-3-6-10-13)14-11-7-4-8-12-14/h3-12,16H,2H2,1H3,(H,20,23)(H2,19,21,22,24). The Morgan fingerprint density at radius 3 is 1.88 bits per heavy atom. The Bertz CT molecular complexity index is 665. The lowest BCUT2D eigenvalue weighted by Crippen LogP contribution is -2.49. The quantitative estimate of drug-likeness (QED) is 0.589. The third kappa shape index (κ3) is 4.89. The van der Waals surface area contributed by atoms with Crippen LogP contribution in [0.25, 0.3) is 0 Å². The number of carbonyl (C=O) groups excluding carboxylic acids is 2. The summed E-state index contributed by atoms with van der Waals surface area (Å²) in [6.07, 6.45) is 0.312. The van der Waals surface area contributed by atoms with Crippen molar-refractivity contribution in [1.29, 1.82) is 0 Å². The van der Waals surface area contributed by atoms with Gasteiger partial charge in [-0.15, -0.1) is 0 Å². The summed E-state index contributed by atoms with van der Waals surface area (Å²) in [5.41, 5.74) is 6.87. The molecular weight excluding hydrogens is 322 g/mol. The van der Waals surface area contributed by atoms with E-state index in [-0.39, 0.29) is 16.9 Å². The zero-order chi connectivity index (χ0) is 17.4. The molecule has 0 aliphatic carbocycles. The van der Waals surface area contributed by atoms with Crippen LogP contribution in [-0.2, 0) is 9.59 Å². The Hall–Kier alpha value is -2.73. The summed E-state index contributed by atoms with van der Waals surface area (Å²) in [6, 6.07) is 18.9. The molecule has 0 aliphatic heterocycles. The van der Waals surface area contributed by atoms with Gasteiger partial charge in [0, 0.05) is 6.42 Å². The molecule has 2 rings (SSSR count). The van der Waals surface area contributed by atoms with Gasteiger partial charge < -0.3 is 5.32 Å². The zero-order valence-corrected chi connectivity index (χ0v) is 14.1. The molecular formula is C18H19N3O2S. The fraction of sp³-hybridized carbons (Fsp3) is 0.167. The first kappa shape index (κ1) is 17.6. The third-order valence-electron chi connectivity index (χ3n) is 3.40. The van der Waals surface area contributed by atoms with Crippen molar-refractivity contribution in [2.75, 3.05) is 0 Å². The van der Waals surface area contributed by atoms with Crippen molar-refractivity contribution in [3.05, 3.63) is 71.8 Å². The van der Waals surface area contributed by atoms with Crippen LogP contribution < -0.4 is 16.2 Å². The average molecular weight is 341 g/mol. The van der Waals surface area contributed by atoms with Gasteiger partial charge in [0.25, 0.3) is 0 Å². The van der Waals surface area contributed by atoms with Crippen LogP contribution in [0.1, 0.15) is 30.4 Å². The summed E-state index contributed by atoms with van der Waals surface area (Å²) in [4.78, 5) is 24.0. The average Bonchev–Trinajstić information content (AvgIpc) is 2.62. The van der Waals surface area contributed by atoms with E-state index in [1.165, 1.54) is 0 Å². The van der Waals surface area contributed by atoms with E-state index in [4.69, 9.17) is 12.2 Å². The molecule has 6 heteroatoms. The first-order chi connectivity index (χ1) is 11.6. The summed E-state index contributed by atoms with van der Waals surface area (Å²) in [5, 5.41) is 2.53. The van der Waals surface area contributed by atoms with Crippen molar-refractivity contribution < 1.29 is 9.59 Å². The van der Waals surface area contributed by atoms with Crippen molar-refractivity contribution in [2.24, 2.45) is 0 Å². The molecule has 2 aromatic rings. The molecule has 0 radical (unpaired) electrons. The molecule has 24 heavy (non-hydrogen) atoms. The maximum absolute atomic E-state index is 12.7. The highest BCUT2D eigenvalue weighted by atomic mass is 32.1. The second-order valence-electron chi connectivity index (χ2n) is 5.10. The first-order valence-corrected chi connectivity index (χ1v) is 8.02. The van der Waals surface area contributed by atoms with E-state index in [1.54, 1.807) is 6.92 Å². The normalized spacial score (nSPS) is 10.1. The van der Waals surface area contributed by atoms with Crippen molar-refractivity contribution in [2.45, 2.75) is 19.3 Å². The van der Waals surface area contributed by atoms with E-state index in [0.717, 1.165) is 11.1 Å². The highest BCUT2D eigenvalue weighted by Crippen LogP contribution is 2.24. The molecule has 0 saturated heterocycles. The smallest absolute Gasteiger partial charge is 0.250 e. The Morgan fingerprint density at radius 2 is 1.42 bits per heavy atom. The topological polar surface area (TPSA) is 70.2 Å². The molecule has 0 bridgehead atoms. The number of hydrogen-bond acceptors (Lipinski definition) is 3. The van der Waals surface area contributed by atoms with Crippen LogP contribution in [0.15, 0.2) is 60.7 Å². The molecule has 3 N–H and O–H groups in total. The van der Waals surface area contributed by atoms with E-state index in [0.29, 0.717) is 6.42 Å².